The minimum Gasteiger partial charge on any atom is -0.466 e. The summed E-state index contributed by atoms with van der Waals surface area (Å²) in [5, 5.41) is 2.63. The molecule has 0 rings (SSSR count). The molecule has 23 heavy (non-hydrogen) atoms. The first-order chi connectivity index (χ1) is 11.1. The summed E-state index contributed by atoms with van der Waals surface area (Å²) in [6.07, 6.45) is 8.94. The highest BCUT2D eigenvalue weighted by atomic mass is 16.5. The van der Waals surface area contributed by atoms with Crippen LogP contribution in [0.25, 0.3) is 0 Å². The summed E-state index contributed by atoms with van der Waals surface area (Å²) in [6, 6.07) is 0. The fourth-order valence-electron chi connectivity index (χ4n) is 2.03. The normalized spacial score (nSPS) is 10.6. The Hall–Kier alpha value is -1.26. The topological polar surface area (TPSA) is 64.6 Å². The van der Waals surface area contributed by atoms with Crippen molar-refractivity contribution < 1.29 is 19.1 Å². The number of hydrogen-bond acceptors (Lipinski definition) is 4. The van der Waals surface area contributed by atoms with E-state index in [1.807, 2.05) is 13.8 Å². The Morgan fingerprint density at radius 1 is 0.913 bits per heavy atom. The highest BCUT2D eigenvalue weighted by Crippen LogP contribution is 2.07. The van der Waals surface area contributed by atoms with Crippen LogP contribution < -0.4 is 5.32 Å². The van der Waals surface area contributed by atoms with Gasteiger partial charge in [-0.2, -0.15) is 0 Å². The third-order valence-corrected chi connectivity index (χ3v) is 3.39. The molecule has 0 aromatic rings. The van der Waals surface area contributed by atoms with E-state index >= 15 is 0 Å². The standard InChI is InChI=1S/C18H35NO4/c1-4-5-6-7-8-9-10-14-22-17(20)12-11-13-19-18(21)23-15-16(2)3/h16H,4-15H2,1-3H3,(H,19,21). The van der Waals surface area contributed by atoms with Crippen LogP contribution in [0.3, 0.4) is 0 Å². The fourth-order valence-corrected chi connectivity index (χ4v) is 2.03. The molecule has 0 heterocycles. The van der Waals surface area contributed by atoms with E-state index in [0.717, 1.165) is 12.8 Å². The molecule has 0 spiro atoms. The van der Waals surface area contributed by atoms with Crippen LogP contribution in [-0.4, -0.2) is 31.8 Å². The minimum atomic E-state index is -0.421. The zero-order valence-electron chi connectivity index (χ0n) is 15.2. The molecular weight excluding hydrogens is 294 g/mol. The first kappa shape index (κ1) is 21.7. The van der Waals surface area contributed by atoms with Crippen LogP contribution >= 0.6 is 0 Å². The quantitative estimate of drug-likeness (QED) is 0.378. The summed E-state index contributed by atoms with van der Waals surface area (Å²) in [6.45, 7) is 7.53. The zero-order valence-corrected chi connectivity index (χ0v) is 15.2. The molecule has 0 radical (unpaired) electrons. The number of nitrogens with one attached hydrogen (secondary N) is 1. The van der Waals surface area contributed by atoms with Gasteiger partial charge < -0.3 is 14.8 Å². The van der Waals surface area contributed by atoms with Gasteiger partial charge in [0.1, 0.15) is 0 Å². The number of amides is 1. The van der Waals surface area contributed by atoms with Gasteiger partial charge in [0, 0.05) is 13.0 Å². The van der Waals surface area contributed by atoms with Gasteiger partial charge in [0.15, 0.2) is 0 Å². The molecule has 5 heteroatoms. The van der Waals surface area contributed by atoms with Crippen LogP contribution in [0.4, 0.5) is 4.79 Å². The van der Waals surface area contributed by atoms with E-state index in [0.29, 0.717) is 38.5 Å². The number of unbranched alkanes of at least 4 members (excludes halogenated alkanes) is 6. The van der Waals surface area contributed by atoms with Crippen LogP contribution in [0, 0.1) is 5.92 Å². The molecule has 0 unspecified atom stereocenters. The summed E-state index contributed by atoms with van der Waals surface area (Å²) in [5.74, 6) is 0.135. The summed E-state index contributed by atoms with van der Waals surface area (Å²) in [5.41, 5.74) is 0. The van der Waals surface area contributed by atoms with E-state index in [9.17, 15) is 9.59 Å². The molecule has 0 aliphatic carbocycles. The van der Waals surface area contributed by atoms with Crippen molar-refractivity contribution in [2.24, 2.45) is 5.92 Å². The Morgan fingerprint density at radius 3 is 2.22 bits per heavy atom. The second kappa shape index (κ2) is 15.6. The number of ether oxygens (including phenoxy) is 2. The lowest BCUT2D eigenvalue weighted by Crippen LogP contribution is -2.27. The molecule has 5 nitrogen and oxygen atoms in total. The molecular formula is C18H35NO4. The summed E-state index contributed by atoms with van der Waals surface area (Å²) in [4.78, 5) is 22.8. The first-order valence-corrected chi connectivity index (χ1v) is 9.12. The molecule has 1 amide bonds. The zero-order chi connectivity index (χ0) is 17.3. The Kier molecular flexibility index (Phi) is 14.8. The molecule has 136 valence electrons. The van der Waals surface area contributed by atoms with Crippen molar-refractivity contribution in [3.63, 3.8) is 0 Å². The van der Waals surface area contributed by atoms with Crippen LogP contribution in [0.15, 0.2) is 0 Å². The second-order valence-corrected chi connectivity index (χ2v) is 6.36. The molecule has 0 saturated carbocycles. The van der Waals surface area contributed by atoms with E-state index in [4.69, 9.17) is 9.47 Å². The van der Waals surface area contributed by atoms with Gasteiger partial charge >= 0.3 is 12.1 Å². The van der Waals surface area contributed by atoms with E-state index in [1.165, 1.54) is 32.1 Å². The van der Waals surface area contributed by atoms with Gasteiger partial charge in [-0.25, -0.2) is 4.79 Å². The van der Waals surface area contributed by atoms with E-state index in [2.05, 4.69) is 12.2 Å². The van der Waals surface area contributed by atoms with Crippen LogP contribution in [0.2, 0.25) is 0 Å². The van der Waals surface area contributed by atoms with Gasteiger partial charge in [-0.15, -0.1) is 0 Å². The lowest BCUT2D eigenvalue weighted by atomic mass is 10.1. The van der Waals surface area contributed by atoms with Crippen molar-refractivity contribution in [1.29, 1.82) is 0 Å². The number of carbonyl (C=O) groups excluding carboxylic acids is 2. The van der Waals surface area contributed by atoms with Gasteiger partial charge in [0.05, 0.1) is 13.2 Å². The number of rotatable bonds is 14. The van der Waals surface area contributed by atoms with Crippen LogP contribution in [0.5, 0.6) is 0 Å². The van der Waals surface area contributed by atoms with Crippen molar-refractivity contribution in [1.82, 2.24) is 5.32 Å². The lowest BCUT2D eigenvalue weighted by molar-refractivity contribution is -0.143. The summed E-state index contributed by atoms with van der Waals surface area (Å²) in [7, 11) is 0. The SMILES string of the molecule is CCCCCCCCCOC(=O)CCCNC(=O)OCC(C)C. The van der Waals surface area contributed by atoms with Crippen molar-refractivity contribution in [3.8, 4) is 0 Å². The maximum Gasteiger partial charge on any atom is 0.407 e. The van der Waals surface area contributed by atoms with Crippen LogP contribution in [-0.2, 0) is 14.3 Å². The molecule has 0 aliphatic rings. The highest BCUT2D eigenvalue weighted by molar-refractivity contribution is 5.69. The number of esters is 1. The third kappa shape index (κ3) is 16.9. The largest absolute Gasteiger partial charge is 0.466 e. The number of alkyl carbamates (subject to hydrolysis) is 1. The minimum absolute atomic E-state index is 0.187. The maximum atomic E-state index is 11.5. The molecule has 0 aromatic carbocycles. The Balaban J connectivity index is 3.32. The highest BCUT2D eigenvalue weighted by Gasteiger charge is 2.05. The van der Waals surface area contributed by atoms with Crippen molar-refractivity contribution in [3.05, 3.63) is 0 Å². The first-order valence-electron chi connectivity index (χ1n) is 9.12. The van der Waals surface area contributed by atoms with Crippen molar-refractivity contribution >= 4 is 12.1 Å². The molecule has 1 N–H and O–H groups in total. The van der Waals surface area contributed by atoms with Crippen molar-refractivity contribution in [2.75, 3.05) is 19.8 Å². The lowest BCUT2D eigenvalue weighted by Gasteiger charge is -2.08. The molecule has 0 atom stereocenters. The van der Waals surface area contributed by atoms with E-state index in [-0.39, 0.29) is 5.97 Å². The van der Waals surface area contributed by atoms with Crippen LogP contribution in [0.1, 0.15) is 78.6 Å². The van der Waals surface area contributed by atoms with Gasteiger partial charge in [-0.3, -0.25) is 4.79 Å². The van der Waals surface area contributed by atoms with Gasteiger partial charge in [0.2, 0.25) is 0 Å². The summed E-state index contributed by atoms with van der Waals surface area (Å²) < 4.78 is 10.1. The molecule has 0 aromatic heterocycles. The van der Waals surface area contributed by atoms with E-state index < -0.39 is 6.09 Å². The smallest absolute Gasteiger partial charge is 0.407 e. The number of hydrogen-bond donors (Lipinski definition) is 1. The Bertz CT molecular complexity index is 305. The third-order valence-electron chi connectivity index (χ3n) is 3.39. The Labute approximate surface area is 141 Å². The van der Waals surface area contributed by atoms with Crippen molar-refractivity contribution in [2.45, 2.75) is 78.6 Å². The molecule has 0 fully saturated rings. The fraction of sp³-hybridized carbons (Fsp3) is 0.889. The predicted molar refractivity (Wildman–Crippen MR) is 92.4 cm³/mol. The predicted octanol–water partition coefficient (Wildman–Crippen LogP) is 4.44. The van der Waals surface area contributed by atoms with Gasteiger partial charge in [-0.1, -0.05) is 59.3 Å². The van der Waals surface area contributed by atoms with Gasteiger partial charge in [0.25, 0.3) is 0 Å². The molecule has 0 aliphatic heterocycles. The Morgan fingerprint density at radius 2 is 1.57 bits per heavy atom. The number of carbonyl (C=O) groups is 2. The maximum absolute atomic E-state index is 11.5. The average Bonchev–Trinajstić information content (AvgIpc) is 2.52. The van der Waals surface area contributed by atoms with E-state index in [1.54, 1.807) is 0 Å². The molecule has 0 saturated heterocycles. The van der Waals surface area contributed by atoms with Gasteiger partial charge in [-0.05, 0) is 18.8 Å². The monoisotopic (exact) mass is 329 g/mol. The second-order valence-electron chi connectivity index (χ2n) is 6.36. The summed E-state index contributed by atoms with van der Waals surface area (Å²) >= 11 is 0. The average molecular weight is 329 g/mol. The molecule has 0 bridgehead atoms.